The predicted molar refractivity (Wildman–Crippen MR) is 54.1 cm³/mol. The lowest BCUT2D eigenvalue weighted by molar-refractivity contribution is -0.385. The minimum Gasteiger partial charge on any atom is -0.263 e. The molecule has 0 aromatic heterocycles. The van der Waals surface area contributed by atoms with Gasteiger partial charge >= 0.3 is 0 Å². The van der Waals surface area contributed by atoms with Crippen LogP contribution in [0.1, 0.15) is 0 Å². The summed E-state index contributed by atoms with van der Waals surface area (Å²) in [7, 11) is 0. The van der Waals surface area contributed by atoms with Crippen molar-refractivity contribution < 1.29 is 4.92 Å². The minimum atomic E-state index is -0.424. The van der Waals surface area contributed by atoms with Crippen molar-refractivity contribution in [2.75, 3.05) is 6.26 Å². The highest BCUT2D eigenvalue weighted by Gasteiger charge is 2.08. The Morgan fingerprint density at radius 1 is 1.62 bits per heavy atom. The molecule has 1 rings (SSSR count). The molecule has 0 atom stereocenters. The Bertz CT molecular complexity index is 352. The van der Waals surface area contributed by atoms with Gasteiger partial charge in [0.2, 0.25) is 0 Å². The highest BCUT2D eigenvalue weighted by Crippen LogP contribution is 2.30. The number of hydrogen-bond donors (Lipinski definition) is 0. The van der Waals surface area contributed by atoms with Crippen molar-refractivity contribution in [3.8, 4) is 0 Å². The molecule has 0 aliphatic rings. The SMILES string of the molecule is C=Nc1ccc([N+](=O)[O-])cc1SC. The molecule has 1 aromatic carbocycles. The van der Waals surface area contributed by atoms with Crippen molar-refractivity contribution in [2.24, 2.45) is 4.99 Å². The van der Waals surface area contributed by atoms with Crippen molar-refractivity contribution in [3.63, 3.8) is 0 Å². The smallest absolute Gasteiger partial charge is 0.263 e. The van der Waals surface area contributed by atoms with Gasteiger partial charge in [-0.15, -0.1) is 11.8 Å². The second kappa shape index (κ2) is 4.04. The molecule has 0 fully saturated rings. The van der Waals surface area contributed by atoms with Gasteiger partial charge in [0.25, 0.3) is 5.69 Å². The molecule has 0 aliphatic heterocycles. The Morgan fingerprint density at radius 2 is 2.31 bits per heavy atom. The Morgan fingerprint density at radius 3 is 2.77 bits per heavy atom. The third-order valence-corrected chi connectivity index (χ3v) is 2.31. The molecule has 1 aromatic rings. The van der Waals surface area contributed by atoms with Gasteiger partial charge < -0.3 is 0 Å². The third kappa shape index (κ3) is 2.06. The van der Waals surface area contributed by atoms with Crippen molar-refractivity contribution in [3.05, 3.63) is 28.3 Å². The first kappa shape index (κ1) is 9.73. The Hall–Kier alpha value is -1.36. The van der Waals surface area contributed by atoms with Crippen LogP contribution in [0, 0.1) is 10.1 Å². The molecule has 0 unspecified atom stereocenters. The van der Waals surface area contributed by atoms with E-state index in [0.717, 1.165) is 4.90 Å². The average Bonchev–Trinajstić information content (AvgIpc) is 2.16. The first-order chi connectivity index (χ1) is 6.19. The van der Waals surface area contributed by atoms with Crippen molar-refractivity contribution in [2.45, 2.75) is 4.90 Å². The second-order valence-electron chi connectivity index (χ2n) is 2.27. The van der Waals surface area contributed by atoms with Gasteiger partial charge in [-0.25, -0.2) is 0 Å². The number of nitro benzene ring substituents is 1. The first-order valence-corrected chi connectivity index (χ1v) is 4.70. The number of rotatable bonds is 3. The molecule has 5 heteroatoms. The van der Waals surface area contributed by atoms with Gasteiger partial charge in [0.1, 0.15) is 0 Å². The Labute approximate surface area is 79.8 Å². The van der Waals surface area contributed by atoms with Crippen LogP contribution in [0.15, 0.2) is 28.1 Å². The molecule has 0 radical (unpaired) electrons. The molecule has 0 amide bonds. The first-order valence-electron chi connectivity index (χ1n) is 3.48. The van der Waals surface area contributed by atoms with E-state index in [1.807, 2.05) is 6.26 Å². The van der Waals surface area contributed by atoms with Gasteiger partial charge in [-0.05, 0) is 19.0 Å². The highest BCUT2D eigenvalue weighted by molar-refractivity contribution is 7.98. The van der Waals surface area contributed by atoms with Crippen LogP contribution in [0.4, 0.5) is 11.4 Å². The van der Waals surface area contributed by atoms with Crippen LogP contribution in [0.2, 0.25) is 0 Å². The lowest BCUT2D eigenvalue weighted by Crippen LogP contribution is -1.87. The summed E-state index contributed by atoms with van der Waals surface area (Å²) in [6.45, 7) is 3.38. The fourth-order valence-electron chi connectivity index (χ4n) is 0.910. The van der Waals surface area contributed by atoms with Gasteiger partial charge in [0.05, 0.1) is 10.6 Å². The molecule has 0 spiro atoms. The third-order valence-electron chi connectivity index (χ3n) is 1.54. The molecular weight excluding hydrogens is 188 g/mol. The van der Waals surface area contributed by atoms with E-state index in [1.54, 1.807) is 6.07 Å². The number of hydrogen-bond acceptors (Lipinski definition) is 4. The van der Waals surface area contributed by atoms with E-state index in [9.17, 15) is 10.1 Å². The minimum absolute atomic E-state index is 0.0803. The summed E-state index contributed by atoms with van der Waals surface area (Å²) in [6.07, 6.45) is 1.84. The standard InChI is InChI=1S/C8H8N2O2S/c1-9-7-4-3-6(10(11)12)5-8(7)13-2/h3-5H,1H2,2H3. The van der Waals surface area contributed by atoms with E-state index in [2.05, 4.69) is 11.7 Å². The van der Waals surface area contributed by atoms with E-state index in [0.29, 0.717) is 5.69 Å². The van der Waals surface area contributed by atoms with Gasteiger partial charge in [-0.3, -0.25) is 15.1 Å². The van der Waals surface area contributed by atoms with E-state index >= 15 is 0 Å². The second-order valence-corrected chi connectivity index (χ2v) is 3.12. The normalized spacial score (nSPS) is 9.62. The molecule has 0 aliphatic carbocycles. The van der Waals surface area contributed by atoms with E-state index in [1.165, 1.54) is 23.9 Å². The summed E-state index contributed by atoms with van der Waals surface area (Å²) in [5.74, 6) is 0. The van der Waals surface area contributed by atoms with E-state index < -0.39 is 4.92 Å². The van der Waals surface area contributed by atoms with Gasteiger partial charge in [0.15, 0.2) is 0 Å². The molecule has 0 N–H and O–H groups in total. The number of non-ortho nitro benzene ring substituents is 1. The maximum absolute atomic E-state index is 10.4. The van der Waals surface area contributed by atoms with Crippen LogP contribution < -0.4 is 0 Å². The zero-order valence-corrected chi connectivity index (χ0v) is 7.87. The Balaban J connectivity index is 3.20. The van der Waals surface area contributed by atoms with Crippen LogP contribution in [0.3, 0.4) is 0 Å². The molecular formula is C8H8N2O2S. The summed E-state index contributed by atoms with van der Waals surface area (Å²) < 4.78 is 0. The van der Waals surface area contributed by atoms with Crippen molar-refractivity contribution >= 4 is 29.9 Å². The molecule has 4 nitrogen and oxygen atoms in total. The monoisotopic (exact) mass is 196 g/mol. The number of nitro groups is 1. The number of benzene rings is 1. The Kier molecular flexibility index (Phi) is 3.02. The molecule has 0 saturated heterocycles. The fraction of sp³-hybridized carbons (Fsp3) is 0.125. The summed E-state index contributed by atoms with van der Waals surface area (Å²) in [6, 6.07) is 4.51. The molecule has 0 heterocycles. The molecule has 68 valence electrons. The van der Waals surface area contributed by atoms with Crippen LogP contribution in [-0.4, -0.2) is 17.9 Å². The van der Waals surface area contributed by atoms with Crippen molar-refractivity contribution in [1.29, 1.82) is 0 Å². The maximum Gasteiger partial charge on any atom is 0.270 e. The summed E-state index contributed by atoms with van der Waals surface area (Å²) in [4.78, 5) is 14.5. The number of nitrogens with zero attached hydrogens (tertiary/aromatic N) is 2. The van der Waals surface area contributed by atoms with Crippen LogP contribution >= 0.6 is 11.8 Å². The van der Waals surface area contributed by atoms with E-state index in [4.69, 9.17) is 0 Å². The molecule has 0 saturated carbocycles. The zero-order chi connectivity index (χ0) is 9.84. The summed E-state index contributed by atoms with van der Waals surface area (Å²) in [5, 5.41) is 10.4. The van der Waals surface area contributed by atoms with Gasteiger partial charge in [-0.2, -0.15) is 0 Å². The molecule has 13 heavy (non-hydrogen) atoms. The predicted octanol–water partition coefficient (Wildman–Crippen LogP) is 2.65. The van der Waals surface area contributed by atoms with Gasteiger partial charge in [-0.1, -0.05) is 0 Å². The quantitative estimate of drug-likeness (QED) is 0.323. The average molecular weight is 196 g/mol. The van der Waals surface area contributed by atoms with E-state index in [-0.39, 0.29) is 5.69 Å². The maximum atomic E-state index is 10.4. The molecule has 0 bridgehead atoms. The summed E-state index contributed by atoms with van der Waals surface area (Å²) in [5.41, 5.74) is 0.759. The highest BCUT2D eigenvalue weighted by atomic mass is 32.2. The van der Waals surface area contributed by atoms with Gasteiger partial charge in [0, 0.05) is 17.0 Å². The lowest BCUT2D eigenvalue weighted by atomic mass is 10.3. The lowest BCUT2D eigenvalue weighted by Gasteiger charge is -2.00. The largest absolute Gasteiger partial charge is 0.270 e. The number of aliphatic imine (C=N–C) groups is 1. The van der Waals surface area contributed by atoms with Crippen LogP contribution in [0.5, 0.6) is 0 Å². The zero-order valence-electron chi connectivity index (χ0n) is 7.06. The van der Waals surface area contributed by atoms with Crippen molar-refractivity contribution in [1.82, 2.24) is 0 Å². The van der Waals surface area contributed by atoms with Crippen LogP contribution in [0.25, 0.3) is 0 Å². The van der Waals surface area contributed by atoms with Crippen LogP contribution in [-0.2, 0) is 0 Å². The summed E-state index contributed by atoms with van der Waals surface area (Å²) >= 11 is 1.41. The topological polar surface area (TPSA) is 55.5 Å². The fourth-order valence-corrected chi connectivity index (χ4v) is 1.49. The number of thioether (sulfide) groups is 1.